The molecule has 1 fully saturated rings. The number of nitrogens with zero attached hydrogens (tertiary/aromatic N) is 1. The van der Waals surface area contributed by atoms with Crippen LogP contribution < -0.4 is 5.32 Å². The fourth-order valence-corrected chi connectivity index (χ4v) is 4.10. The van der Waals surface area contributed by atoms with E-state index >= 15 is 0 Å². The SMILES string of the molecule is Cc1cccc(Cn2c(C)c(C)c3cc(C(=O)NC[C@H]4CCCO4)ccc32)c1. The second-order valence-corrected chi connectivity index (χ2v) is 7.86. The molecular weight excluding hydrogens is 348 g/mol. The Kier molecular flexibility index (Phi) is 5.23. The number of hydrogen-bond donors (Lipinski definition) is 1. The number of nitrogens with one attached hydrogen (secondary N) is 1. The first-order chi connectivity index (χ1) is 13.5. The van der Waals surface area contributed by atoms with Crippen LogP contribution in [0.3, 0.4) is 0 Å². The fourth-order valence-electron chi connectivity index (χ4n) is 4.10. The van der Waals surface area contributed by atoms with Gasteiger partial charge < -0.3 is 14.6 Å². The van der Waals surface area contributed by atoms with Gasteiger partial charge in [0.15, 0.2) is 0 Å². The Balaban J connectivity index is 1.59. The van der Waals surface area contributed by atoms with E-state index in [1.54, 1.807) is 0 Å². The van der Waals surface area contributed by atoms with E-state index in [1.165, 1.54) is 27.9 Å². The molecular formula is C24H28N2O2. The predicted octanol–water partition coefficient (Wildman–Crippen LogP) is 4.52. The van der Waals surface area contributed by atoms with Crippen LogP contribution in [0.25, 0.3) is 10.9 Å². The highest BCUT2D eigenvalue weighted by atomic mass is 16.5. The minimum absolute atomic E-state index is 0.0270. The fraction of sp³-hybridized carbons (Fsp3) is 0.375. The number of ether oxygens (including phenoxy) is 1. The van der Waals surface area contributed by atoms with Gasteiger partial charge in [-0.1, -0.05) is 29.8 Å². The van der Waals surface area contributed by atoms with Crippen molar-refractivity contribution >= 4 is 16.8 Å². The van der Waals surface area contributed by atoms with Crippen LogP contribution in [0.4, 0.5) is 0 Å². The Bertz CT molecular complexity index is 1010. The van der Waals surface area contributed by atoms with Crippen molar-refractivity contribution in [2.24, 2.45) is 0 Å². The van der Waals surface area contributed by atoms with Crippen molar-refractivity contribution in [2.75, 3.05) is 13.2 Å². The summed E-state index contributed by atoms with van der Waals surface area (Å²) in [5, 5.41) is 4.17. The molecule has 2 heterocycles. The minimum atomic E-state index is -0.0270. The molecule has 0 saturated carbocycles. The van der Waals surface area contributed by atoms with Crippen molar-refractivity contribution in [1.82, 2.24) is 9.88 Å². The molecule has 1 amide bonds. The van der Waals surface area contributed by atoms with Crippen LogP contribution in [-0.4, -0.2) is 29.7 Å². The van der Waals surface area contributed by atoms with Gasteiger partial charge in [-0.15, -0.1) is 0 Å². The molecule has 0 unspecified atom stereocenters. The Morgan fingerprint density at radius 2 is 2.04 bits per heavy atom. The molecule has 0 spiro atoms. The van der Waals surface area contributed by atoms with E-state index in [1.807, 2.05) is 12.1 Å². The van der Waals surface area contributed by atoms with E-state index in [4.69, 9.17) is 4.74 Å². The van der Waals surface area contributed by atoms with Gasteiger partial charge in [-0.05, 0) is 62.9 Å². The summed E-state index contributed by atoms with van der Waals surface area (Å²) in [6.07, 6.45) is 2.27. The molecule has 4 nitrogen and oxygen atoms in total. The lowest BCUT2D eigenvalue weighted by Crippen LogP contribution is -2.31. The van der Waals surface area contributed by atoms with Crippen molar-refractivity contribution < 1.29 is 9.53 Å². The summed E-state index contributed by atoms with van der Waals surface area (Å²) in [7, 11) is 0. The van der Waals surface area contributed by atoms with Gasteiger partial charge in [-0.2, -0.15) is 0 Å². The Hall–Kier alpha value is -2.59. The smallest absolute Gasteiger partial charge is 0.251 e. The lowest BCUT2D eigenvalue weighted by Gasteiger charge is -2.11. The molecule has 146 valence electrons. The number of rotatable bonds is 5. The van der Waals surface area contributed by atoms with Crippen LogP contribution in [0.15, 0.2) is 42.5 Å². The monoisotopic (exact) mass is 376 g/mol. The quantitative estimate of drug-likeness (QED) is 0.711. The van der Waals surface area contributed by atoms with E-state index < -0.39 is 0 Å². The van der Waals surface area contributed by atoms with E-state index in [0.717, 1.165) is 31.4 Å². The predicted molar refractivity (Wildman–Crippen MR) is 113 cm³/mol. The van der Waals surface area contributed by atoms with Crippen molar-refractivity contribution in [3.8, 4) is 0 Å². The number of aromatic nitrogens is 1. The van der Waals surface area contributed by atoms with Gasteiger partial charge in [0.2, 0.25) is 0 Å². The summed E-state index contributed by atoms with van der Waals surface area (Å²) in [6, 6.07) is 14.7. The summed E-state index contributed by atoms with van der Waals surface area (Å²) < 4.78 is 7.94. The first kappa shape index (κ1) is 18.8. The number of fused-ring (bicyclic) bond motifs is 1. The molecule has 4 heteroatoms. The molecule has 1 saturated heterocycles. The Morgan fingerprint density at radius 1 is 1.18 bits per heavy atom. The Labute approximate surface area is 166 Å². The second-order valence-electron chi connectivity index (χ2n) is 7.86. The highest BCUT2D eigenvalue weighted by molar-refractivity contribution is 5.99. The van der Waals surface area contributed by atoms with Crippen LogP contribution in [-0.2, 0) is 11.3 Å². The van der Waals surface area contributed by atoms with E-state index in [0.29, 0.717) is 12.1 Å². The van der Waals surface area contributed by atoms with Gasteiger partial charge in [-0.3, -0.25) is 4.79 Å². The third-order valence-electron chi connectivity index (χ3n) is 5.84. The molecule has 0 bridgehead atoms. The van der Waals surface area contributed by atoms with Crippen LogP contribution in [0, 0.1) is 20.8 Å². The maximum atomic E-state index is 12.6. The molecule has 4 rings (SSSR count). The maximum absolute atomic E-state index is 12.6. The van der Waals surface area contributed by atoms with Crippen molar-refractivity contribution in [3.63, 3.8) is 0 Å². The zero-order chi connectivity index (χ0) is 19.7. The van der Waals surface area contributed by atoms with Crippen molar-refractivity contribution in [3.05, 3.63) is 70.4 Å². The summed E-state index contributed by atoms with van der Waals surface area (Å²) in [4.78, 5) is 12.6. The lowest BCUT2D eigenvalue weighted by atomic mass is 10.1. The molecule has 1 aliphatic rings. The van der Waals surface area contributed by atoms with Gasteiger partial charge in [0.1, 0.15) is 0 Å². The first-order valence-corrected chi connectivity index (χ1v) is 10.1. The van der Waals surface area contributed by atoms with Crippen molar-refractivity contribution in [1.29, 1.82) is 0 Å². The van der Waals surface area contributed by atoms with Gasteiger partial charge in [0.25, 0.3) is 5.91 Å². The molecule has 0 aliphatic carbocycles. The summed E-state index contributed by atoms with van der Waals surface area (Å²) in [5.41, 5.74) is 6.92. The lowest BCUT2D eigenvalue weighted by molar-refractivity contribution is 0.0858. The molecule has 3 aromatic rings. The summed E-state index contributed by atoms with van der Waals surface area (Å²) in [5.74, 6) is -0.0270. The topological polar surface area (TPSA) is 43.3 Å². The molecule has 28 heavy (non-hydrogen) atoms. The number of benzene rings is 2. The van der Waals surface area contributed by atoms with Crippen molar-refractivity contribution in [2.45, 2.75) is 46.3 Å². The Morgan fingerprint density at radius 3 is 2.79 bits per heavy atom. The summed E-state index contributed by atoms with van der Waals surface area (Å²) >= 11 is 0. The van der Waals surface area contributed by atoms with Crippen LogP contribution >= 0.6 is 0 Å². The zero-order valence-corrected chi connectivity index (χ0v) is 16.9. The van der Waals surface area contributed by atoms with E-state index in [-0.39, 0.29) is 12.0 Å². The van der Waals surface area contributed by atoms with Crippen LogP contribution in [0.2, 0.25) is 0 Å². The molecule has 1 N–H and O–H groups in total. The molecule has 2 aromatic carbocycles. The number of amides is 1. The highest BCUT2D eigenvalue weighted by Crippen LogP contribution is 2.27. The molecule has 0 radical (unpaired) electrons. The van der Waals surface area contributed by atoms with Gasteiger partial charge >= 0.3 is 0 Å². The zero-order valence-electron chi connectivity index (χ0n) is 16.9. The van der Waals surface area contributed by atoms with E-state index in [2.05, 4.69) is 61.0 Å². The number of carbonyl (C=O) groups is 1. The number of hydrogen-bond acceptors (Lipinski definition) is 2. The third kappa shape index (κ3) is 3.69. The van der Waals surface area contributed by atoms with E-state index in [9.17, 15) is 4.79 Å². The highest BCUT2D eigenvalue weighted by Gasteiger charge is 2.18. The molecule has 1 atom stereocenters. The standard InChI is InChI=1S/C24H28N2O2/c1-16-6-4-7-19(12-16)15-26-18(3)17(2)22-13-20(9-10-23(22)26)24(27)25-14-21-8-5-11-28-21/h4,6-7,9-10,12-13,21H,5,8,11,14-15H2,1-3H3,(H,25,27)/t21-/m1/s1. The van der Waals surface area contributed by atoms with Gasteiger partial charge in [0, 0.05) is 41.9 Å². The first-order valence-electron chi connectivity index (χ1n) is 10.1. The minimum Gasteiger partial charge on any atom is -0.376 e. The number of carbonyl (C=O) groups excluding carboxylic acids is 1. The largest absolute Gasteiger partial charge is 0.376 e. The average Bonchev–Trinajstić information content (AvgIpc) is 3.29. The second kappa shape index (κ2) is 7.80. The maximum Gasteiger partial charge on any atom is 0.251 e. The van der Waals surface area contributed by atoms with Gasteiger partial charge in [0.05, 0.1) is 6.10 Å². The summed E-state index contributed by atoms with van der Waals surface area (Å²) in [6.45, 7) is 8.64. The van der Waals surface area contributed by atoms with Gasteiger partial charge in [-0.25, -0.2) is 0 Å². The average molecular weight is 377 g/mol. The third-order valence-corrected chi connectivity index (χ3v) is 5.84. The molecule has 1 aromatic heterocycles. The number of aryl methyl sites for hydroxylation is 2. The molecule has 1 aliphatic heterocycles. The normalized spacial score (nSPS) is 16.6. The van der Waals surface area contributed by atoms with Crippen LogP contribution in [0.1, 0.15) is 45.6 Å². The van der Waals surface area contributed by atoms with Crippen LogP contribution in [0.5, 0.6) is 0 Å².